The molecule has 0 radical (unpaired) electrons. The fourth-order valence-corrected chi connectivity index (χ4v) is 4.62. The Morgan fingerprint density at radius 2 is 2.16 bits per heavy atom. The smallest absolute Gasteiger partial charge is 0.191 e. The summed E-state index contributed by atoms with van der Waals surface area (Å²) in [5.74, 6) is 2.68. The Bertz CT molecular complexity index is 761. The Morgan fingerprint density at radius 1 is 1.29 bits per heavy atom. The van der Waals surface area contributed by atoms with Gasteiger partial charge in [0.15, 0.2) is 5.96 Å². The number of ether oxygens (including phenoxy) is 3. The maximum absolute atomic E-state index is 6.07. The number of nitrogens with one attached hydrogen (secondary N) is 2. The Balaban J connectivity index is 0.00000272. The minimum atomic E-state index is 0. The van der Waals surface area contributed by atoms with Gasteiger partial charge in [-0.25, -0.2) is 4.99 Å². The van der Waals surface area contributed by atoms with Gasteiger partial charge in [0.05, 0.1) is 25.9 Å². The molecule has 0 aliphatic carbocycles. The minimum absolute atomic E-state index is 0. The zero-order chi connectivity index (χ0) is 20.9. The lowest BCUT2D eigenvalue weighted by atomic mass is 10.1. The first-order chi connectivity index (χ1) is 14.7. The minimum Gasteiger partial charge on any atom is -0.494 e. The van der Waals surface area contributed by atoms with Crippen LogP contribution >= 0.6 is 24.0 Å². The van der Waals surface area contributed by atoms with E-state index in [0.29, 0.717) is 19.2 Å². The molecule has 3 atom stereocenters. The summed E-state index contributed by atoms with van der Waals surface area (Å²) in [6.07, 6.45) is 3.93. The molecule has 7 nitrogen and oxygen atoms in total. The van der Waals surface area contributed by atoms with Crippen molar-refractivity contribution in [3.63, 3.8) is 0 Å². The van der Waals surface area contributed by atoms with Crippen molar-refractivity contribution in [3.05, 3.63) is 23.3 Å². The zero-order valence-electron chi connectivity index (χ0n) is 19.0. The fraction of sp³-hybridized carbons (Fsp3) is 0.696. The lowest BCUT2D eigenvalue weighted by Crippen LogP contribution is -2.51. The van der Waals surface area contributed by atoms with E-state index in [1.54, 1.807) is 0 Å². The van der Waals surface area contributed by atoms with Gasteiger partial charge in [0.1, 0.15) is 17.6 Å². The molecule has 31 heavy (non-hydrogen) atoms. The van der Waals surface area contributed by atoms with Gasteiger partial charge < -0.3 is 24.8 Å². The zero-order valence-corrected chi connectivity index (χ0v) is 21.3. The van der Waals surface area contributed by atoms with Crippen molar-refractivity contribution in [2.75, 3.05) is 39.4 Å². The standard InChI is InChI=1S/C23H36N4O3.HI/c1-4-24-23(26-13-20-14-27-8-6-7-19(27)15-29-20)25-12-18-11-22-17(9-16(3)30-22)10-21(18)28-5-2;/h10-11,16,19-20H,4-9,12-15H2,1-3H3,(H2,24,25,26);1H. The number of hydrogen-bond donors (Lipinski definition) is 2. The summed E-state index contributed by atoms with van der Waals surface area (Å²) in [7, 11) is 0. The number of aliphatic imine (C=N–C) groups is 1. The molecule has 2 saturated heterocycles. The maximum atomic E-state index is 6.07. The summed E-state index contributed by atoms with van der Waals surface area (Å²) < 4.78 is 17.9. The Labute approximate surface area is 203 Å². The summed E-state index contributed by atoms with van der Waals surface area (Å²) in [5.41, 5.74) is 2.27. The molecule has 3 heterocycles. The van der Waals surface area contributed by atoms with E-state index in [1.807, 2.05) is 6.92 Å². The molecule has 1 aromatic carbocycles. The van der Waals surface area contributed by atoms with Crippen LogP contribution in [0.15, 0.2) is 17.1 Å². The first-order valence-electron chi connectivity index (χ1n) is 11.5. The van der Waals surface area contributed by atoms with Gasteiger partial charge in [0.2, 0.25) is 0 Å². The number of guanidine groups is 1. The molecule has 3 unspecified atom stereocenters. The molecular formula is C23H37IN4O3. The molecule has 0 amide bonds. The molecule has 0 saturated carbocycles. The van der Waals surface area contributed by atoms with E-state index in [2.05, 4.69) is 41.5 Å². The van der Waals surface area contributed by atoms with E-state index in [1.165, 1.54) is 24.9 Å². The SMILES string of the molecule is CCNC(=NCc1cc2c(cc1OCC)CC(C)O2)NCC1CN2CCCC2CO1.I. The Hall–Kier alpha value is -1.26. The number of fused-ring (bicyclic) bond motifs is 2. The Kier molecular flexibility index (Phi) is 9.09. The van der Waals surface area contributed by atoms with Crippen LogP contribution in [-0.2, 0) is 17.7 Å². The highest BCUT2D eigenvalue weighted by molar-refractivity contribution is 14.0. The predicted octanol–water partition coefficient (Wildman–Crippen LogP) is 2.95. The van der Waals surface area contributed by atoms with E-state index < -0.39 is 0 Å². The van der Waals surface area contributed by atoms with E-state index in [-0.39, 0.29) is 36.2 Å². The van der Waals surface area contributed by atoms with Crippen molar-refractivity contribution < 1.29 is 14.2 Å². The number of halogens is 1. The number of nitrogens with zero attached hydrogens (tertiary/aromatic N) is 2. The van der Waals surface area contributed by atoms with E-state index in [4.69, 9.17) is 19.2 Å². The molecular weight excluding hydrogens is 507 g/mol. The van der Waals surface area contributed by atoms with Crippen LogP contribution in [0.1, 0.15) is 44.7 Å². The molecule has 3 aliphatic rings. The summed E-state index contributed by atoms with van der Waals surface area (Å²) >= 11 is 0. The molecule has 0 aromatic heterocycles. The topological polar surface area (TPSA) is 67.4 Å². The van der Waals surface area contributed by atoms with Crippen LogP contribution in [0.2, 0.25) is 0 Å². The lowest BCUT2D eigenvalue weighted by Gasteiger charge is -2.35. The second-order valence-corrected chi connectivity index (χ2v) is 8.46. The van der Waals surface area contributed by atoms with E-state index in [9.17, 15) is 0 Å². The number of benzene rings is 1. The highest BCUT2D eigenvalue weighted by Gasteiger charge is 2.32. The highest BCUT2D eigenvalue weighted by atomic mass is 127. The van der Waals surface area contributed by atoms with Crippen molar-refractivity contribution in [2.24, 2.45) is 4.99 Å². The third-order valence-electron chi connectivity index (χ3n) is 6.09. The largest absolute Gasteiger partial charge is 0.494 e. The number of hydrogen-bond acceptors (Lipinski definition) is 5. The maximum Gasteiger partial charge on any atom is 0.191 e. The molecule has 1 aromatic rings. The second kappa shape index (κ2) is 11.6. The molecule has 2 N–H and O–H groups in total. The summed E-state index contributed by atoms with van der Waals surface area (Å²) in [6, 6.07) is 4.84. The van der Waals surface area contributed by atoms with Crippen LogP contribution in [0.3, 0.4) is 0 Å². The number of morpholine rings is 1. The van der Waals surface area contributed by atoms with Crippen LogP contribution in [0.4, 0.5) is 0 Å². The van der Waals surface area contributed by atoms with Crippen molar-refractivity contribution in [1.82, 2.24) is 15.5 Å². The summed E-state index contributed by atoms with van der Waals surface area (Å²) in [4.78, 5) is 7.38. The van der Waals surface area contributed by atoms with Crippen molar-refractivity contribution in [1.29, 1.82) is 0 Å². The van der Waals surface area contributed by atoms with Crippen LogP contribution in [-0.4, -0.2) is 68.5 Å². The Morgan fingerprint density at radius 3 is 2.97 bits per heavy atom. The molecule has 4 rings (SSSR count). The van der Waals surface area contributed by atoms with E-state index in [0.717, 1.165) is 55.7 Å². The average Bonchev–Trinajstić information content (AvgIpc) is 3.34. The molecule has 0 spiro atoms. The van der Waals surface area contributed by atoms with Gasteiger partial charge in [0.25, 0.3) is 0 Å². The quantitative estimate of drug-likeness (QED) is 0.313. The van der Waals surface area contributed by atoms with Crippen molar-refractivity contribution in [3.8, 4) is 11.5 Å². The third kappa shape index (κ3) is 6.16. The van der Waals surface area contributed by atoms with Gasteiger partial charge in [-0.2, -0.15) is 0 Å². The number of rotatable bonds is 7. The van der Waals surface area contributed by atoms with Crippen LogP contribution in [0, 0.1) is 0 Å². The molecule has 2 fully saturated rings. The van der Waals surface area contributed by atoms with E-state index >= 15 is 0 Å². The second-order valence-electron chi connectivity index (χ2n) is 8.46. The normalized spacial score (nSPS) is 25.3. The van der Waals surface area contributed by atoms with Crippen LogP contribution in [0.5, 0.6) is 11.5 Å². The molecule has 174 valence electrons. The van der Waals surface area contributed by atoms with Gasteiger partial charge in [-0.15, -0.1) is 24.0 Å². The van der Waals surface area contributed by atoms with Crippen LogP contribution in [0.25, 0.3) is 0 Å². The summed E-state index contributed by atoms with van der Waals surface area (Å²) in [5, 5.41) is 6.81. The lowest BCUT2D eigenvalue weighted by molar-refractivity contribution is -0.0453. The van der Waals surface area contributed by atoms with Gasteiger partial charge in [0, 0.05) is 43.2 Å². The van der Waals surface area contributed by atoms with Crippen molar-refractivity contribution >= 4 is 29.9 Å². The van der Waals surface area contributed by atoms with Gasteiger partial charge in [-0.05, 0) is 52.3 Å². The molecule has 0 bridgehead atoms. The first-order valence-corrected chi connectivity index (χ1v) is 11.5. The molecule has 8 heteroatoms. The highest BCUT2D eigenvalue weighted by Crippen LogP contribution is 2.35. The fourth-order valence-electron chi connectivity index (χ4n) is 4.62. The monoisotopic (exact) mass is 544 g/mol. The first kappa shape index (κ1) is 24.4. The summed E-state index contributed by atoms with van der Waals surface area (Å²) in [6.45, 7) is 12.0. The average molecular weight is 544 g/mol. The molecule has 3 aliphatic heterocycles. The van der Waals surface area contributed by atoms with Gasteiger partial charge >= 0.3 is 0 Å². The van der Waals surface area contributed by atoms with Gasteiger partial charge in [-0.3, -0.25) is 4.90 Å². The van der Waals surface area contributed by atoms with Crippen molar-refractivity contribution in [2.45, 2.75) is 64.8 Å². The van der Waals surface area contributed by atoms with Gasteiger partial charge in [-0.1, -0.05) is 0 Å². The van der Waals surface area contributed by atoms with Crippen LogP contribution < -0.4 is 20.1 Å². The predicted molar refractivity (Wildman–Crippen MR) is 134 cm³/mol. The third-order valence-corrected chi connectivity index (χ3v) is 6.09.